The van der Waals surface area contributed by atoms with Crippen LogP contribution >= 0.6 is 0 Å². The number of allylic oxidation sites excluding steroid dienone is 4. The summed E-state index contributed by atoms with van der Waals surface area (Å²) in [6.07, 6.45) is 9.21. The van der Waals surface area contributed by atoms with Crippen molar-refractivity contribution in [2.45, 2.75) is 64.7 Å². The Labute approximate surface area is 229 Å². The first-order valence-corrected chi connectivity index (χ1v) is 14.1. The van der Waals surface area contributed by atoms with Gasteiger partial charge in [-0.1, -0.05) is 116 Å². The molecule has 194 valence electrons. The minimum absolute atomic E-state index is 0.315. The maximum absolute atomic E-state index is 6.30. The molecule has 3 aromatic rings. The molecule has 0 saturated heterocycles. The van der Waals surface area contributed by atoms with Crippen LogP contribution in [0, 0.1) is 5.92 Å². The molecule has 0 aliphatic heterocycles. The third kappa shape index (κ3) is 5.07. The average molecular weight is 500 g/mol. The Morgan fingerprint density at radius 2 is 1.47 bits per heavy atom. The predicted octanol–water partition coefficient (Wildman–Crippen LogP) is 9.88. The fourth-order valence-electron chi connectivity index (χ4n) is 6.82. The first-order chi connectivity index (χ1) is 18.3. The van der Waals surface area contributed by atoms with E-state index in [1.54, 1.807) is 0 Å². The minimum atomic E-state index is 0.315. The summed E-state index contributed by atoms with van der Waals surface area (Å²) in [5, 5.41) is 0. The first-order valence-electron chi connectivity index (χ1n) is 14.1. The molecule has 1 heteroatoms. The van der Waals surface area contributed by atoms with Crippen molar-refractivity contribution in [1.82, 2.24) is 0 Å². The third-order valence-electron chi connectivity index (χ3n) is 8.57. The summed E-state index contributed by atoms with van der Waals surface area (Å²) in [4.78, 5) is 0. The molecule has 0 radical (unpaired) electrons. The van der Waals surface area contributed by atoms with E-state index in [2.05, 4.69) is 113 Å². The Morgan fingerprint density at radius 1 is 0.816 bits per heavy atom. The van der Waals surface area contributed by atoms with E-state index in [1.807, 2.05) is 0 Å². The van der Waals surface area contributed by atoms with Crippen LogP contribution in [-0.4, -0.2) is 0 Å². The molecule has 1 saturated carbocycles. The van der Waals surface area contributed by atoms with Gasteiger partial charge in [0.05, 0.1) is 0 Å². The summed E-state index contributed by atoms with van der Waals surface area (Å²) in [6.45, 7) is 14.6. The van der Waals surface area contributed by atoms with Gasteiger partial charge in [0.25, 0.3) is 0 Å². The molecule has 2 aliphatic rings. The summed E-state index contributed by atoms with van der Waals surface area (Å²) in [7, 11) is 0. The highest BCUT2D eigenvalue weighted by atomic mass is 14.6. The maximum atomic E-state index is 6.30. The van der Waals surface area contributed by atoms with Gasteiger partial charge in [0.1, 0.15) is 0 Å². The summed E-state index contributed by atoms with van der Waals surface area (Å²) in [5.41, 5.74) is 19.5. The van der Waals surface area contributed by atoms with Gasteiger partial charge in [-0.25, -0.2) is 0 Å². The molecule has 0 spiro atoms. The molecule has 1 fully saturated rings. The van der Waals surface area contributed by atoms with Crippen molar-refractivity contribution in [3.8, 4) is 0 Å². The van der Waals surface area contributed by atoms with Crippen LogP contribution in [0.3, 0.4) is 0 Å². The summed E-state index contributed by atoms with van der Waals surface area (Å²) in [5.74, 6) is 1.45. The zero-order chi connectivity index (χ0) is 26.8. The van der Waals surface area contributed by atoms with Gasteiger partial charge in [0, 0.05) is 17.2 Å². The molecule has 0 amide bonds. The van der Waals surface area contributed by atoms with E-state index >= 15 is 0 Å². The maximum Gasteiger partial charge on any atom is 0.0320 e. The number of hydrogen-bond donors (Lipinski definition) is 1. The largest absolute Gasteiger partial charge is 0.399 e. The van der Waals surface area contributed by atoms with Crippen molar-refractivity contribution in [2.24, 2.45) is 11.7 Å². The average Bonchev–Trinajstić information content (AvgIpc) is 3.28. The summed E-state index contributed by atoms with van der Waals surface area (Å²) in [6, 6.07) is 27.1. The van der Waals surface area contributed by atoms with Gasteiger partial charge >= 0.3 is 0 Å². The van der Waals surface area contributed by atoms with Crippen LogP contribution in [0.5, 0.6) is 0 Å². The lowest BCUT2D eigenvalue weighted by Gasteiger charge is -2.35. The smallest absolute Gasteiger partial charge is 0.0320 e. The highest BCUT2D eigenvalue weighted by Crippen LogP contribution is 2.52. The van der Waals surface area contributed by atoms with E-state index in [9.17, 15) is 0 Å². The lowest BCUT2D eigenvalue weighted by atomic mass is 9.69. The molecule has 2 aliphatic carbocycles. The van der Waals surface area contributed by atoms with Gasteiger partial charge in [-0.15, -0.1) is 0 Å². The van der Waals surface area contributed by atoms with Crippen LogP contribution in [0.15, 0.2) is 103 Å². The topological polar surface area (TPSA) is 26.0 Å². The molecule has 38 heavy (non-hydrogen) atoms. The van der Waals surface area contributed by atoms with Gasteiger partial charge < -0.3 is 5.73 Å². The molecule has 2 N–H and O–H groups in total. The molecular formula is C37H41N. The fourth-order valence-corrected chi connectivity index (χ4v) is 6.82. The zero-order valence-corrected chi connectivity index (χ0v) is 23.3. The highest BCUT2D eigenvalue weighted by Gasteiger charge is 2.36. The number of fused-ring (bicyclic) bond motifs is 1. The van der Waals surface area contributed by atoms with Gasteiger partial charge in [-0.3, -0.25) is 0 Å². The van der Waals surface area contributed by atoms with Gasteiger partial charge in [0.2, 0.25) is 0 Å². The molecule has 5 rings (SSSR count). The van der Waals surface area contributed by atoms with Gasteiger partial charge in [-0.2, -0.15) is 0 Å². The third-order valence-corrected chi connectivity index (χ3v) is 8.57. The van der Waals surface area contributed by atoms with Crippen molar-refractivity contribution in [3.05, 3.63) is 137 Å². The van der Waals surface area contributed by atoms with Gasteiger partial charge in [-0.05, 0) is 90.5 Å². The number of rotatable bonds is 7. The molecule has 0 bridgehead atoms. The lowest BCUT2D eigenvalue weighted by Crippen LogP contribution is -2.21. The molecule has 0 aromatic heterocycles. The second-order valence-corrected chi connectivity index (χ2v) is 11.5. The van der Waals surface area contributed by atoms with E-state index in [0.29, 0.717) is 23.5 Å². The predicted molar refractivity (Wildman–Crippen MR) is 165 cm³/mol. The normalized spacial score (nSPS) is 17.9. The van der Waals surface area contributed by atoms with Crippen LogP contribution in [-0.2, 0) is 0 Å². The highest BCUT2D eigenvalue weighted by molar-refractivity contribution is 5.89. The Morgan fingerprint density at radius 3 is 2.08 bits per heavy atom. The van der Waals surface area contributed by atoms with E-state index < -0.39 is 0 Å². The van der Waals surface area contributed by atoms with E-state index in [-0.39, 0.29) is 0 Å². The van der Waals surface area contributed by atoms with E-state index in [4.69, 9.17) is 5.73 Å². The monoisotopic (exact) mass is 499 g/mol. The molecule has 2 atom stereocenters. The van der Waals surface area contributed by atoms with Crippen LogP contribution in [0.2, 0.25) is 0 Å². The number of benzene rings is 3. The van der Waals surface area contributed by atoms with Crippen LogP contribution in [0.1, 0.15) is 98.1 Å². The van der Waals surface area contributed by atoms with Gasteiger partial charge in [0.15, 0.2) is 0 Å². The quantitative estimate of drug-likeness (QED) is 0.322. The SMILES string of the molecule is C=C(N)C(=C(C)C)c1ccc2c(c1)C(C(c1ccccc1)C1CCCCC1)C=C2c1ccc(C(=C)C)cc1. The lowest BCUT2D eigenvalue weighted by molar-refractivity contribution is 0.291. The van der Waals surface area contributed by atoms with Crippen LogP contribution in [0.25, 0.3) is 16.7 Å². The number of nitrogens with two attached hydrogens (primary N) is 1. The van der Waals surface area contributed by atoms with Crippen molar-refractivity contribution < 1.29 is 0 Å². The molecule has 0 heterocycles. The summed E-state index contributed by atoms with van der Waals surface area (Å²) < 4.78 is 0. The summed E-state index contributed by atoms with van der Waals surface area (Å²) >= 11 is 0. The second kappa shape index (κ2) is 11.0. The van der Waals surface area contributed by atoms with E-state index in [1.165, 1.54) is 76.6 Å². The Kier molecular flexibility index (Phi) is 7.56. The minimum Gasteiger partial charge on any atom is -0.399 e. The fraction of sp³-hybridized carbons (Fsp3) is 0.297. The first kappa shape index (κ1) is 26.0. The van der Waals surface area contributed by atoms with Crippen LogP contribution < -0.4 is 5.73 Å². The molecule has 3 aromatic carbocycles. The Balaban J connectivity index is 1.69. The van der Waals surface area contributed by atoms with Crippen molar-refractivity contribution in [3.63, 3.8) is 0 Å². The Hall–Kier alpha value is -3.58. The van der Waals surface area contributed by atoms with Crippen molar-refractivity contribution in [2.75, 3.05) is 0 Å². The number of hydrogen-bond acceptors (Lipinski definition) is 1. The van der Waals surface area contributed by atoms with Crippen LogP contribution in [0.4, 0.5) is 0 Å². The van der Waals surface area contributed by atoms with E-state index in [0.717, 1.165) is 11.1 Å². The zero-order valence-electron chi connectivity index (χ0n) is 23.3. The molecular weight excluding hydrogens is 458 g/mol. The standard InChI is InChI=1S/C37H41N/c1-24(2)27-16-18-28(19-17-27)33-23-35(34-22-31(20-21-32(33)34)36(25(3)4)26(5)38)37(29-12-8-6-9-13-29)30-14-10-7-11-15-30/h6,8-9,12-13,16-23,30,35,37H,1,5,7,10-11,14-15,38H2,2-4H3. The molecule has 2 unspecified atom stereocenters. The Bertz CT molecular complexity index is 1390. The molecule has 1 nitrogen and oxygen atoms in total. The van der Waals surface area contributed by atoms with Crippen molar-refractivity contribution >= 4 is 16.7 Å². The second-order valence-electron chi connectivity index (χ2n) is 11.5. The van der Waals surface area contributed by atoms with Crippen molar-refractivity contribution in [1.29, 1.82) is 0 Å².